The summed E-state index contributed by atoms with van der Waals surface area (Å²) in [4.78, 5) is 2.38. The Morgan fingerprint density at radius 2 is 2.22 bits per heavy atom. The summed E-state index contributed by atoms with van der Waals surface area (Å²) in [6.45, 7) is 4.19. The highest BCUT2D eigenvalue weighted by Crippen LogP contribution is 2.49. The molecule has 0 saturated heterocycles. The van der Waals surface area contributed by atoms with E-state index in [9.17, 15) is 0 Å². The second kappa shape index (κ2) is 5.30. The summed E-state index contributed by atoms with van der Waals surface area (Å²) in [5, 5.41) is 8.91. The van der Waals surface area contributed by atoms with Crippen LogP contribution in [0.25, 0.3) is 0 Å². The van der Waals surface area contributed by atoms with Crippen molar-refractivity contribution in [2.45, 2.75) is 32.6 Å². The minimum atomic E-state index is 0.245. The van der Waals surface area contributed by atoms with Gasteiger partial charge < -0.3 is 10.6 Å². The Hall–Kier alpha value is -1.69. The zero-order valence-electron chi connectivity index (χ0n) is 11.0. The first kappa shape index (κ1) is 12.8. The topological polar surface area (TPSA) is 53.0 Å². The molecule has 0 bridgehead atoms. The molecule has 0 unspecified atom stereocenters. The molecule has 3 heteroatoms. The third-order valence-corrected chi connectivity index (χ3v) is 3.67. The molecule has 1 aromatic rings. The van der Waals surface area contributed by atoms with Gasteiger partial charge in [-0.15, -0.1) is 0 Å². The average Bonchev–Trinajstić information content (AvgIpc) is 3.09. The summed E-state index contributed by atoms with van der Waals surface area (Å²) in [5.41, 5.74) is 8.08. The van der Waals surface area contributed by atoms with Crippen molar-refractivity contribution in [1.82, 2.24) is 0 Å². The summed E-state index contributed by atoms with van der Waals surface area (Å²) < 4.78 is 0. The van der Waals surface area contributed by atoms with E-state index in [1.54, 1.807) is 0 Å². The van der Waals surface area contributed by atoms with Crippen LogP contribution in [0.2, 0.25) is 0 Å². The van der Waals surface area contributed by atoms with E-state index in [1.165, 1.54) is 18.5 Å². The van der Waals surface area contributed by atoms with E-state index in [2.05, 4.69) is 24.0 Å². The van der Waals surface area contributed by atoms with Crippen molar-refractivity contribution in [2.75, 3.05) is 23.7 Å². The van der Waals surface area contributed by atoms with E-state index in [0.717, 1.165) is 25.2 Å². The van der Waals surface area contributed by atoms with Crippen molar-refractivity contribution in [3.05, 3.63) is 24.3 Å². The number of nitriles is 1. The number of rotatable bonds is 6. The fourth-order valence-corrected chi connectivity index (χ4v) is 2.43. The number of nitrogens with zero attached hydrogens (tertiary/aromatic N) is 2. The summed E-state index contributed by atoms with van der Waals surface area (Å²) >= 11 is 0. The second-order valence-electron chi connectivity index (χ2n) is 5.35. The largest absolute Gasteiger partial charge is 0.399 e. The molecule has 0 spiro atoms. The molecule has 1 aromatic carbocycles. The Morgan fingerprint density at radius 1 is 1.44 bits per heavy atom. The van der Waals surface area contributed by atoms with Crippen molar-refractivity contribution in [1.29, 1.82) is 5.26 Å². The van der Waals surface area contributed by atoms with Gasteiger partial charge in [-0.05, 0) is 37.5 Å². The Bertz CT molecular complexity index is 443. The number of nitrogen functional groups attached to an aromatic ring is 1. The Labute approximate surface area is 109 Å². The Morgan fingerprint density at radius 3 is 2.78 bits per heavy atom. The van der Waals surface area contributed by atoms with E-state index in [0.29, 0.717) is 6.42 Å². The lowest BCUT2D eigenvalue weighted by Gasteiger charge is -2.28. The maximum atomic E-state index is 8.91. The highest BCUT2D eigenvalue weighted by Gasteiger charge is 2.43. The first-order chi connectivity index (χ1) is 8.69. The van der Waals surface area contributed by atoms with Gasteiger partial charge in [-0.25, -0.2) is 0 Å². The van der Waals surface area contributed by atoms with Crippen LogP contribution in [-0.2, 0) is 0 Å². The molecular formula is C15H21N3. The maximum Gasteiger partial charge on any atom is 0.0628 e. The van der Waals surface area contributed by atoms with Crippen molar-refractivity contribution in [2.24, 2.45) is 5.41 Å². The van der Waals surface area contributed by atoms with Gasteiger partial charge in [-0.3, -0.25) is 0 Å². The standard InChI is InChI=1S/C15H21N3/c1-2-10-18(12-15(6-7-15)8-9-16)14-5-3-4-13(17)11-14/h3-5,11H,2,6-8,10,12,17H2,1H3. The molecule has 0 aliphatic heterocycles. The van der Waals surface area contributed by atoms with Gasteiger partial charge in [0.25, 0.3) is 0 Å². The molecule has 96 valence electrons. The van der Waals surface area contributed by atoms with Gasteiger partial charge in [0, 0.05) is 36.3 Å². The smallest absolute Gasteiger partial charge is 0.0628 e. The minimum absolute atomic E-state index is 0.245. The average molecular weight is 243 g/mol. The molecule has 1 saturated carbocycles. The monoisotopic (exact) mass is 243 g/mol. The maximum absolute atomic E-state index is 8.91. The van der Waals surface area contributed by atoms with Crippen LogP contribution < -0.4 is 10.6 Å². The Balaban J connectivity index is 2.11. The zero-order valence-corrected chi connectivity index (χ0v) is 11.0. The predicted molar refractivity (Wildman–Crippen MR) is 75.3 cm³/mol. The van der Waals surface area contributed by atoms with Crippen molar-refractivity contribution in [3.8, 4) is 6.07 Å². The van der Waals surface area contributed by atoms with Gasteiger partial charge in [-0.2, -0.15) is 5.26 Å². The molecule has 1 aliphatic rings. The summed E-state index contributed by atoms with van der Waals surface area (Å²) in [6, 6.07) is 10.4. The lowest BCUT2D eigenvalue weighted by atomic mass is 10.0. The Kier molecular flexibility index (Phi) is 3.76. The molecule has 1 aliphatic carbocycles. The van der Waals surface area contributed by atoms with E-state index >= 15 is 0 Å². The molecular weight excluding hydrogens is 222 g/mol. The molecule has 2 rings (SSSR count). The molecule has 0 amide bonds. The molecule has 18 heavy (non-hydrogen) atoms. The van der Waals surface area contributed by atoms with Gasteiger partial charge in [-0.1, -0.05) is 13.0 Å². The summed E-state index contributed by atoms with van der Waals surface area (Å²) in [5.74, 6) is 0. The van der Waals surface area contributed by atoms with E-state index in [4.69, 9.17) is 11.0 Å². The summed E-state index contributed by atoms with van der Waals surface area (Å²) in [6.07, 6.45) is 4.15. The van der Waals surface area contributed by atoms with Gasteiger partial charge >= 0.3 is 0 Å². The van der Waals surface area contributed by atoms with E-state index in [-0.39, 0.29) is 5.41 Å². The fraction of sp³-hybridized carbons (Fsp3) is 0.533. The van der Waals surface area contributed by atoms with Crippen molar-refractivity contribution >= 4 is 11.4 Å². The fourth-order valence-electron chi connectivity index (χ4n) is 2.43. The molecule has 0 radical (unpaired) electrons. The number of hydrogen-bond acceptors (Lipinski definition) is 3. The molecule has 0 aromatic heterocycles. The second-order valence-corrected chi connectivity index (χ2v) is 5.35. The van der Waals surface area contributed by atoms with Crippen LogP contribution in [0.4, 0.5) is 11.4 Å². The molecule has 3 nitrogen and oxygen atoms in total. The third kappa shape index (κ3) is 2.95. The van der Waals surface area contributed by atoms with E-state index in [1.807, 2.05) is 18.2 Å². The zero-order chi connectivity index (χ0) is 13.0. The van der Waals surface area contributed by atoms with Crippen LogP contribution in [0.1, 0.15) is 32.6 Å². The van der Waals surface area contributed by atoms with Crippen molar-refractivity contribution < 1.29 is 0 Å². The first-order valence-electron chi connectivity index (χ1n) is 6.66. The van der Waals surface area contributed by atoms with Gasteiger partial charge in [0.1, 0.15) is 0 Å². The van der Waals surface area contributed by atoms with Gasteiger partial charge in [0.2, 0.25) is 0 Å². The van der Waals surface area contributed by atoms with Crippen LogP contribution in [0.3, 0.4) is 0 Å². The highest BCUT2D eigenvalue weighted by atomic mass is 15.1. The van der Waals surface area contributed by atoms with Crippen LogP contribution in [-0.4, -0.2) is 13.1 Å². The molecule has 0 heterocycles. The molecule has 1 fully saturated rings. The molecule has 2 N–H and O–H groups in total. The SMILES string of the molecule is CCCN(CC1(CC#N)CC1)c1cccc(N)c1. The number of anilines is 2. The van der Waals surface area contributed by atoms with Crippen LogP contribution in [0, 0.1) is 16.7 Å². The summed E-state index contributed by atoms with van der Waals surface area (Å²) in [7, 11) is 0. The van der Waals surface area contributed by atoms with Crippen molar-refractivity contribution in [3.63, 3.8) is 0 Å². The van der Waals surface area contributed by atoms with Crippen LogP contribution in [0.15, 0.2) is 24.3 Å². The van der Waals surface area contributed by atoms with Gasteiger partial charge in [0.05, 0.1) is 6.07 Å². The van der Waals surface area contributed by atoms with Crippen LogP contribution >= 0.6 is 0 Å². The third-order valence-electron chi connectivity index (χ3n) is 3.67. The normalized spacial score (nSPS) is 16.0. The number of hydrogen-bond donors (Lipinski definition) is 1. The predicted octanol–water partition coefficient (Wildman–Crippen LogP) is 3.18. The number of benzene rings is 1. The first-order valence-corrected chi connectivity index (χ1v) is 6.66. The van der Waals surface area contributed by atoms with Crippen LogP contribution in [0.5, 0.6) is 0 Å². The minimum Gasteiger partial charge on any atom is -0.399 e. The highest BCUT2D eigenvalue weighted by molar-refractivity contribution is 5.56. The lowest BCUT2D eigenvalue weighted by Crippen LogP contribution is -2.31. The lowest BCUT2D eigenvalue weighted by molar-refractivity contribution is 0.507. The number of nitrogens with two attached hydrogens (primary N) is 1. The molecule has 0 atom stereocenters. The van der Waals surface area contributed by atoms with Gasteiger partial charge in [0.15, 0.2) is 0 Å². The quantitative estimate of drug-likeness (QED) is 0.781. The van der Waals surface area contributed by atoms with E-state index < -0.39 is 0 Å².